The van der Waals surface area contributed by atoms with E-state index in [2.05, 4.69) is 18.8 Å². The van der Waals surface area contributed by atoms with Gasteiger partial charge in [-0.25, -0.2) is 4.39 Å². The van der Waals surface area contributed by atoms with Crippen LogP contribution in [0.3, 0.4) is 0 Å². The first kappa shape index (κ1) is 11.4. The van der Waals surface area contributed by atoms with Crippen LogP contribution in [-0.2, 0) is 0 Å². The molecule has 2 unspecified atom stereocenters. The van der Waals surface area contributed by atoms with E-state index in [4.69, 9.17) is 11.6 Å². The van der Waals surface area contributed by atoms with Gasteiger partial charge in [-0.1, -0.05) is 13.8 Å². The molecule has 0 radical (unpaired) electrons. The highest BCUT2D eigenvalue weighted by atomic mass is 35.5. The van der Waals surface area contributed by atoms with Gasteiger partial charge in [0.15, 0.2) is 0 Å². The summed E-state index contributed by atoms with van der Waals surface area (Å²) in [5.74, 6) is 0.274. The van der Waals surface area contributed by atoms with Gasteiger partial charge in [-0.05, 0) is 25.0 Å². The van der Waals surface area contributed by atoms with Gasteiger partial charge in [-0.15, -0.1) is 11.6 Å². The minimum absolute atomic E-state index is 0.00737. The summed E-state index contributed by atoms with van der Waals surface area (Å²) in [7, 11) is 0. The molecule has 1 aromatic heterocycles. The van der Waals surface area contributed by atoms with Gasteiger partial charge in [0.05, 0.1) is 6.20 Å². The lowest BCUT2D eigenvalue weighted by Crippen LogP contribution is -2.17. The van der Waals surface area contributed by atoms with E-state index >= 15 is 0 Å². The summed E-state index contributed by atoms with van der Waals surface area (Å²) in [5, 5.41) is 0.00737. The summed E-state index contributed by atoms with van der Waals surface area (Å²) in [4.78, 5) is 4.06. The lowest BCUT2D eigenvalue weighted by Gasteiger charge is -2.22. The first-order valence-corrected chi connectivity index (χ1v) is 5.21. The monoisotopic (exact) mass is 215 g/mol. The van der Waals surface area contributed by atoms with Crippen molar-refractivity contribution in [2.45, 2.75) is 32.1 Å². The van der Waals surface area contributed by atoms with Crippen molar-refractivity contribution in [2.75, 3.05) is 0 Å². The van der Waals surface area contributed by atoms with E-state index in [1.54, 1.807) is 6.07 Å². The minimum atomic E-state index is -0.307. The van der Waals surface area contributed by atoms with E-state index in [1.165, 1.54) is 12.3 Å². The smallest absolute Gasteiger partial charge is 0.141 e. The highest BCUT2D eigenvalue weighted by Crippen LogP contribution is 2.29. The van der Waals surface area contributed by atoms with E-state index in [9.17, 15) is 4.39 Å². The van der Waals surface area contributed by atoms with Crippen molar-refractivity contribution in [1.29, 1.82) is 0 Å². The topological polar surface area (TPSA) is 12.9 Å². The lowest BCUT2D eigenvalue weighted by molar-refractivity contribution is 0.478. The molecule has 2 atom stereocenters. The number of aromatic nitrogens is 1. The Morgan fingerprint density at radius 3 is 2.29 bits per heavy atom. The summed E-state index contributed by atoms with van der Waals surface area (Å²) in [6, 6.07) is 3.13. The Bertz CT molecular complexity index is 274. The molecule has 14 heavy (non-hydrogen) atoms. The first-order chi connectivity index (χ1) is 6.52. The second-order valence-electron chi connectivity index (χ2n) is 3.85. The quantitative estimate of drug-likeness (QED) is 0.703. The van der Waals surface area contributed by atoms with Gasteiger partial charge in [0, 0.05) is 17.0 Å². The Labute approximate surface area is 89.3 Å². The van der Waals surface area contributed by atoms with Crippen molar-refractivity contribution >= 4 is 11.6 Å². The average Bonchev–Trinajstić information content (AvgIpc) is 2.07. The van der Waals surface area contributed by atoms with Crippen molar-refractivity contribution in [3.63, 3.8) is 0 Å². The summed E-state index contributed by atoms with van der Waals surface area (Å²) >= 11 is 6.08. The molecule has 0 aliphatic rings. The maximum Gasteiger partial charge on any atom is 0.141 e. The van der Waals surface area contributed by atoms with E-state index in [0.717, 1.165) is 5.69 Å². The number of hydrogen-bond acceptors (Lipinski definition) is 1. The van der Waals surface area contributed by atoms with Crippen molar-refractivity contribution in [1.82, 2.24) is 4.98 Å². The Morgan fingerprint density at radius 2 is 1.93 bits per heavy atom. The Kier molecular flexibility index (Phi) is 3.87. The normalized spacial score (nSPS) is 15.6. The molecular weight excluding hydrogens is 201 g/mol. The zero-order chi connectivity index (χ0) is 10.7. The lowest BCUT2D eigenvalue weighted by atomic mass is 9.89. The van der Waals surface area contributed by atoms with Gasteiger partial charge in [0.2, 0.25) is 0 Å². The summed E-state index contributed by atoms with van der Waals surface area (Å²) in [5.41, 5.74) is 0.865. The molecule has 0 aliphatic heterocycles. The van der Waals surface area contributed by atoms with Gasteiger partial charge < -0.3 is 0 Å². The molecule has 78 valence electrons. The Balaban J connectivity index is 2.94. The molecule has 3 heteroatoms. The molecule has 0 saturated heterocycles. The van der Waals surface area contributed by atoms with Gasteiger partial charge in [-0.3, -0.25) is 4.98 Å². The van der Waals surface area contributed by atoms with Crippen LogP contribution < -0.4 is 0 Å². The largest absolute Gasteiger partial charge is 0.258 e. The summed E-state index contributed by atoms with van der Waals surface area (Å²) < 4.78 is 12.7. The predicted molar refractivity (Wildman–Crippen MR) is 57.1 cm³/mol. The third-order valence-corrected chi connectivity index (χ3v) is 2.58. The van der Waals surface area contributed by atoms with Crippen LogP contribution in [0.5, 0.6) is 0 Å². The maximum atomic E-state index is 12.7. The minimum Gasteiger partial charge on any atom is -0.258 e. The first-order valence-electron chi connectivity index (χ1n) is 4.78. The van der Waals surface area contributed by atoms with E-state index in [0.29, 0.717) is 5.92 Å². The molecule has 0 amide bonds. The van der Waals surface area contributed by atoms with Crippen LogP contribution in [-0.4, -0.2) is 10.4 Å². The number of rotatable bonds is 3. The van der Waals surface area contributed by atoms with Crippen LogP contribution in [0.1, 0.15) is 32.4 Å². The number of pyridine rings is 1. The van der Waals surface area contributed by atoms with Crippen molar-refractivity contribution in [3.05, 3.63) is 29.8 Å². The van der Waals surface area contributed by atoms with Gasteiger partial charge >= 0.3 is 0 Å². The molecule has 0 bridgehead atoms. The fraction of sp³-hybridized carbons (Fsp3) is 0.545. The molecule has 1 heterocycles. The summed E-state index contributed by atoms with van der Waals surface area (Å²) in [6.07, 6.45) is 1.24. The molecular formula is C11H15ClFN. The van der Waals surface area contributed by atoms with Gasteiger partial charge in [-0.2, -0.15) is 0 Å². The maximum absolute atomic E-state index is 12.7. The van der Waals surface area contributed by atoms with Gasteiger partial charge in [0.25, 0.3) is 0 Å². The van der Waals surface area contributed by atoms with Crippen molar-refractivity contribution < 1.29 is 4.39 Å². The third-order valence-electron chi connectivity index (χ3n) is 2.30. The van der Waals surface area contributed by atoms with Crippen molar-refractivity contribution in [2.24, 2.45) is 5.92 Å². The standard InChI is InChI=1S/C11H15ClFN/c1-7(2)11(8(3)12)10-5-4-9(13)6-14-10/h4-8,11H,1-3H3. The Hall–Kier alpha value is -0.630. The second kappa shape index (κ2) is 4.74. The summed E-state index contributed by atoms with van der Waals surface area (Å²) in [6.45, 7) is 6.13. The molecule has 0 aromatic carbocycles. The highest BCUT2D eigenvalue weighted by Gasteiger charge is 2.22. The van der Waals surface area contributed by atoms with E-state index < -0.39 is 0 Å². The molecule has 0 saturated carbocycles. The fourth-order valence-electron chi connectivity index (χ4n) is 1.69. The molecule has 1 rings (SSSR count). The molecule has 0 fully saturated rings. The number of hydrogen-bond donors (Lipinski definition) is 0. The molecule has 1 aromatic rings. The SMILES string of the molecule is CC(C)C(c1ccc(F)cn1)C(C)Cl. The van der Waals surface area contributed by atoms with Crippen LogP contribution in [0.15, 0.2) is 18.3 Å². The fourth-order valence-corrected chi connectivity index (χ4v) is 2.11. The molecule has 0 aliphatic carbocycles. The zero-order valence-corrected chi connectivity index (χ0v) is 9.42. The van der Waals surface area contributed by atoms with E-state index in [-0.39, 0.29) is 17.1 Å². The number of halogens is 2. The highest BCUT2D eigenvalue weighted by molar-refractivity contribution is 6.20. The van der Waals surface area contributed by atoms with Crippen LogP contribution in [0, 0.1) is 11.7 Å². The van der Waals surface area contributed by atoms with Crippen LogP contribution in [0.2, 0.25) is 0 Å². The van der Waals surface area contributed by atoms with Crippen LogP contribution in [0.25, 0.3) is 0 Å². The second-order valence-corrected chi connectivity index (χ2v) is 4.54. The van der Waals surface area contributed by atoms with Gasteiger partial charge in [0.1, 0.15) is 5.82 Å². The zero-order valence-electron chi connectivity index (χ0n) is 8.67. The van der Waals surface area contributed by atoms with Crippen LogP contribution in [0.4, 0.5) is 4.39 Å². The van der Waals surface area contributed by atoms with Crippen molar-refractivity contribution in [3.8, 4) is 0 Å². The number of alkyl halides is 1. The molecule has 0 spiro atoms. The van der Waals surface area contributed by atoms with E-state index in [1.807, 2.05) is 6.92 Å². The Morgan fingerprint density at radius 1 is 1.29 bits per heavy atom. The molecule has 1 nitrogen and oxygen atoms in total. The van der Waals surface area contributed by atoms with Crippen LogP contribution >= 0.6 is 11.6 Å². The molecule has 0 N–H and O–H groups in total. The third kappa shape index (κ3) is 2.68. The number of nitrogens with zero attached hydrogens (tertiary/aromatic N) is 1. The predicted octanol–water partition coefficient (Wildman–Crippen LogP) is 3.59. The average molecular weight is 216 g/mol.